The average Bonchev–Trinajstić information content (AvgIpc) is 3.24. The fourth-order valence-corrected chi connectivity index (χ4v) is 4.12. The summed E-state index contributed by atoms with van der Waals surface area (Å²) < 4.78 is 13.3. The van der Waals surface area contributed by atoms with E-state index in [0.717, 1.165) is 16.8 Å². The average molecular weight is 377 g/mol. The van der Waals surface area contributed by atoms with Crippen LogP contribution in [0.25, 0.3) is 22.2 Å². The molecule has 1 aromatic carbocycles. The number of nitrogens with two attached hydrogens (primary N) is 1. The third-order valence-electron chi connectivity index (χ3n) is 5.47. The van der Waals surface area contributed by atoms with Gasteiger partial charge in [0.05, 0.1) is 22.5 Å². The minimum absolute atomic E-state index is 0.172. The van der Waals surface area contributed by atoms with E-state index in [1.165, 1.54) is 0 Å². The van der Waals surface area contributed by atoms with Crippen LogP contribution in [0.3, 0.4) is 0 Å². The van der Waals surface area contributed by atoms with E-state index in [1.807, 2.05) is 44.2 Å². The van der Waals surface area contributed by atoms with Crippen LogP contribution in [0.15, 0.2) is 45.8 Å². The van der Waals surface area contributed by atoms with Crippen LogP contribution >= 0.6 is 0 Å². The number of nitrogens with one attached hydrogen (secondary N) is 1. The number of hydrogen-bond donors (Lipinski definition) is 2. The molecular weight excluding hydrogens is 358 g/mol. The molecule has 0 saturated carbocycles. The minimum Gasteiger partial charge on any atom is -0.488 e. The molecule has 0 bridgehead atoms. The first kappa shape index (κ1) is 16.8. The molecule has 4 aromatic rings. The van der Waals surface area contributed by atoms with E-state index in [4.69, 9.17) is 15.0 Å². The van der Waals surface area contributed by atoms with Gasteiger partial charge in [-0.1, -0.05) is 11.2 Å². The lowest BCUT2D eigenvalue weighted by Gasteiger charge is -2.37. The van der Waals surface area contributed by atoms with Crippen molar-refractivity contribution >= 4 is 11.0 Å². The van der Waals surface area contributed by atoms with E-state index in [2.05, 4.69) is 15.1 Å². The standard InChI is InChI=1S/C20H19N5O3/c1-11-16(12(2)28-24-11)13-6-7-14-17-18(13)27-10-20(9-21,25(17)19(26)23-14)15-5-3-4-8-22-15/h3-8H,9-10,21H2,1-2H3,(H,23,26). The Morgan fingerprint density at radius 2 is 2.14 bits per heavy atom. The monoisotopic (exact) mass is 377 g/mol. The molecule has 0 radical (unpaired) electrons. The summed E-state index contributed by atoms with van der Waals surface area (Å²) in [5, 5.41) is 4.05. The zero-order valence-electron chi connectivity index (χ0n) is 15.5. The first-order chi connectivity index (χ1) is 13.6. The number of nitrogens with zero attached hydrogens (tertiary/aromatic N) is 3. The first-order valence-electron chi connectivity index (χ1n) is 9.02. The number of hydrogen-bond acceptors (Lipinski definition) is 6. The second-order valence-electron chi connectivity index (χ2n) is 7.04. The number of imidazole rings is 1. The molecule has 8 nitrogen and oxygen atoms in total. The van der Waals surface area contributed by atoms with Gasteiger partial charge in [-0.05, 0) is 38.1 Å². The molecule has 5 rings (SSSR count). The molecule has 8 heteroatoms. The van der Waals surface area contributed by atoms with Crippen LogP contribution in [0, 0.1) is 13.8 Å². The van der Waals surface area contributed by atoms with Crippen molar-refractivity contribution in [2.24, 2.45) is 5.73 Å². The Balaban J connectivity index is 1.87. The van der Waals surface area contributed by atoms with Gasteiger partial charge in [0.25, 0.3) is 0 Å². The SMILES string of the molecule is Cc1noc(C)c1-c1ccc2[nH]c(=O)n3c2c1OCC3(CN)c1ccccn1. The summed E-state index contributed by atoms with van der Waals surface area (Å²) in [6.07, 6.45) is 1.69. The Hall–Kier alpha value is -3.39. The summed E-state index contributed by atoms with van der Waals surface area (Å²) >= 11 is 0. The van der Waals surface area contributed by atoms with Crippen LogP contribution in [-0.2, 0) is 5.54 Å². The molecule has 0 fully saturated rings. The van der Waals surface area contributed by atoms with Crippen LogP contribution in [0.4, 0.5) is 0 Å². The lowest BCUT2D eigenvalue weighted by molar-refractivity contribution is 0.173. The predicted molar refractivity (Wildman–Crippen MR) is 103 cm³/mol. The lowest BCUT2D eigenvalue weighted by Crippen LogP contribution is -2.53. The molecule has 28 heavy (non-hydrogen) atoms. The van der Waals surface area contributed by atoms with Gasteiger partial charge >= 0.3 is 5.69 Å². The highest BCUT2D eigenvalue weighted by Crippen LogP contribution is 2.44. The number of aryl methyl sites for hydroxylation is 2. The third kappa shape index (κ3) is 2.06. The van der Waals surface area contributed by atoms with Crippen LogP contribution in [0.1, 0.15) is 17.1 Å². The molecule has 3 aromatic heterocycles. The maximum atomic E-state index is 13.0. The number of benzene rings is 1. The summed E-state index contributed by atoms with van der Waals surface area (Å²) in [5.74, 6) is 1.31. The Morgan fingerprint density at radius 3 is 2.82 bits per heavy atom. The fourth-order valence-electron chi connectivity index (χ4n) is 4.12. The maximum absolute atomic E-state index is 13.0. The molecule has 0 spiro atoms. The summed E-state index contributed by atoms with van der Waals surface area (Å²) in [4.78, 5) is 20.4. The van der Waals surface area contributed by atoms with Crippen LogP contribution in [0.5, 0.6) is 5.75 Å². The molecule has 3 N–H and O–H groups in total. The van der Waals surface area contributed by atoms with Crippen molar-refractivity contribution in [3.63, 3.8) is 0 Å². The third-order valence-corrected chi connectivity index (χ3v) is 5.47. The van der Waals surface area contributed by atoms with Gasteiger partial charge in [-0.2, -0.15) is 0 Å². The van der Waals surface area contributed by atoms with Gasteiger partial charge in [-0.15, -0.1) is 0 Å². The minimum atomic E-state index is -0.888. The van der Waals surface area contributed by atoms with E-state index < -0.39 is 5.54 Å². The molecule has 0 saturated heterocycles. The summed E-state index contributed by atoms with van der Waals surface area (Å²) in [6.45, 7) is 4.11. The van der Waals surface area contributed by atoms with E-state index in [0.29, 0.717) is 28.2 Å². The van der Waals surface area contributed by atoms with E-state index in [1.54, 1.807) is 10.8 Å². The van der Waals surface area contributed by atoms with Gasteiger partial charge < -0.3 is 20.0 Å². The van der Waals surface area contributed by atoms with Crippen molar-refractivity contribution in [2.75, 3.05) is 13.2 Å². The van der Waals surface area contributed by atoms with E-state index in [-0.39, 0.29) is 18.8 Å². The van der Waals surface area contributed by atoms with Crippen LogP contribution in [0.2, 0.25) is 0 Å². The van der Waals surface area contributed by atoms with Gasteiger partial charge in [-0.3, -0.25) is 9.55 Å². The van der Waals surface area contributed by atoms with Crippen molar-refractivity contribution < 1.29 is 9.26 Å². The Kier molecular flexibility index (Phi) is 3.47. The van der Waals surface area contributed by atoms with E-state index in [9.17, 15) is 4.79 Å². The Morgan fingerprint density at radius 1 is 1.29 bits per heavy atom. The van der Waals surface area contributed by atoms with Crippen molar-refractivity contribution in [1.29, 1.82) is 0 Å². The number of aromatic nitrogens is 4. The number of ether oxygens (including phenoxy) is 1. The molecule has 1 aliphatic heterocycles. The molecular formula is C20H19N5O3. The summed E-state index contributed by atoms with van der Waals surface area (Å²) in [7, 11) is 0. The second-order valence-corrected chi connectivity index (χ2v) is 7.04. The molecule has 1 aliphatic rings. The largest absolute Gasteiger partial charge is 0.488 e. The Labute approximate surface area is 159 Å². The number of H-pyrrole nitrogens is 1. The maximum Gasteiger partial charge on any atom is 0.327 e. The number of pyridine rings is 1. The van der Waals surface area contributed by atoms with Gasteiger partial charge in [0.1, 0.15) is 23.4 Å². The molecule has 142 valence electrons. The topological polar surface area (TPSA) is 112 Å². The number of aromatic amines is 1. The van der Waals surface area contributed by atoms with Gasteiger partial charge in [0.2, 0.25) is 0 Å². The summed E-state index contributed by atoms with van der Waals surface area (Å²) in [5.41, 5.74) is 9.58. The normalized spacial score (nSPS) is 18.4. The van der Waals surface area contributed by atoms with Crippen molar-refractivity contribution in [3.8, 4) is 16.9 Å². The van der Waals surface area contributed by atoms with Crippen molar-refractivity contribution in [1.82, 2.24) is 19.7 Å². The lowest BCUT2D eigenvalue weighted by atomic mass is 9.92. The van der Waals surface area contributed by atoms with Gasteiger partial charge in [-0.25, -0.2) is 4.79 Å². The second kappa shape index (κ2) is 5.80. The zero-order chi connectivity index (χ0) is 19.5. The highest BCUT2D eigenvalue weighted by Gasteiger charge is 2.43. The predicted octanol–water partition coefficient (Wildman–Crippen LogP) is 2.09. The zero-order valence-corrected chi connectivity index (χ0v) is 15.5. The van der Waals surface area contributed by atoms with E-state index >= 15 is 0 Å². The molecule has 1 unspecified atom stereocenters. The quantitative estimate of drug-likeness (QED) is 0.565. The van der Waals surface area contributed by atoms with Crippen LogP contribution in [-0.4, -0.2) is 32.8 Å². The highest BCUT2D eigenvalue weighted by atomic mass is 16.5. The molecule has 1 atom stereocenters. The van der Waals surface area contributed by atoms with Gasteiger partial charge in [0.15, 0.2) is 5.75 Å². The highest BCUT2D eigenvalue weighted by molar-refractivity contribution is 5.92. The summed E-state index contributed by atoms with van der Waals surface area (Å²) in [6, 6.07) is 9.36. The fraction of sp³-hybridized carbons (Fsp3) is 0.250. The Bertz CT molecular complexity index is 1230. The molecule has 0 amide bonds. The first-order valence-corrected chi connectivity index (χ1v) is 9.02. The van der Waals surface area contributed by atoms with Crippen molar-refractivity contribution in [2.45, 2.75) is 19.4 Å². The van der Waals surface area contributed by atoms with Gasteiger partial charge in [0, 0.05) is 18.3 Å². The van der Waals surface area contributed by atoms with Crippen LogP contribution < -0.4 is 16.2 Å². The molecule has 4 heterocycles. The molecule has 0 aliphatic carbocycles. The smallest absolute Gasteiger partial charge is 0.327 e. The number of rotatable bonds is 3. The van der Waals surface area contributed by atoms with Crippen molar-refractivity contribution in [3.05, 3.63) is 64.2 Å².